The lowest BCUT2D eigenvalue weighted by Gasteiger charge is -2.22. The van der Waals surface area contributed by atoms with Gasteiger partial charge in [0.05, 0.1) is 6.04 Å². The molecule has 1 atom stereocenters. The number of carbonyl (C=O) groups is 3. The molecule has 7 heteroatoms. The minimum absolute atomic E-state index is 0.0153. The van der Waals surface area contributed by atoms with E-state index in [0.29, 0.717) is 23.4 Å². The molecule has 1 fully saturated rings. The Morgan fingerprint density at radius 2 is 1.74 bits per heavy atom. The summed E-state index contributed by atoms with van der Waals surface area (Å²) in [6.07, 6.45) is 2.72. The highest BCUT2D eigenvalue weighted by Gasteiger charge is 2.23. The fraction of sp³-hybridized carbons (Fsp3) is 0.444. The van der Waals surface area contributed by atoms with Gasteiger partial charge in [-0.2, -0.15) is 0 Å². The van der Waals surface area contributed by atoms with Gasteiger partial charge in [0.2, 0.25) is 5.91 Å². The van der Waals surface area contributed by atoms with E-state index in [2.05, 4.69) is 10.6 Å². The number of para-hydroxylation sites is 1. The minimum Gasteiger partial charge on any atom is -0.483 e. The second-order valence-electron chi connectivity index (χ2n) is 9.63. The quantitative estimate of drug-likeness (QED) is 0.599. The molecule has 3 rings (SSSR count). The van der Waals surface area contributed by atoms with Crippen LogP contribution in [0.25, 0.3) is 0 Å². The molecular formula is C27H35N3O4. The molecule has 1 unspecified atom stereocenters. The number of anilines is 1. The van der Waals surface area contributed by atoms with Crippen LogP contribution in [0.2, 0.25) is 0 Å². The summed E-state index contributed by atoms with van der Waals surface area (Å²) in [5, 5.41) is 5.93. The molecule has 1 aliphatic heterocycles. The van der Waals surface area contributed by atoms with Crippen molar-refractivity contribution < 1.29 is 19.1 Å². The van der Waals surface area contributed by atoms with Gasteiger partial charge in [0.15, 0.2) is 6.61 Å². The van der Waals surface area contributed by atoms with E-state index in [-0.39, 0.29) is 30.4 Å². The maximum Gasteiger partial charge on any atom is 0.260 e. The molecule has 3 amide bonds. The summed E-state index contributed by atoms with van der Waals surface area (Å²) >= 11 is 0. The second-order valence-corrected chi connectivity index (χ2v) is 9.63. The molecule has 2 N–H and O–H groups in total. The number of nitrogens with one attached hydrogen (secondary N) is 2. The van der Waals surface area contributed by atoms with Crippen LogP contribution in [0.5, 0.6) is 5.75 Å². The average Bonchev–Trinajstić information content (AvgIpc) is 3.36. The smallest absolute Gasteiger partial charge is 0.260 e. The van der Waals surface area contributed by atoms with E-state index in [0.717, 1.165) is 31.5 Å². The summed E-state index contributed by atoms with van der Waals surface area (Å²) in [6, 6.07) is 14.1. The van der Waals surface area contributed by atoms with Crippen LogP contribution in [-0.2, 0) is 9.59 Å². The number of benzene rings is 2. The molecule has 1 aliphatic rings. The van der Waals surface area contributed by atoms with Gasteiger partial charge in [-0.25, -0.2) is 0 Å². The van der Waals surface area contributed by atoms with Crippen LogP contribution in [0.1, 0.15) is 68.9 Å². The third-order valence-electron chi connectivity index (χ3n) is 5.88. The first-order chi connectivity index (χ1) is 16.2. The summed E-state index contributed by atoms with van der Waals surface area (Å²) in [7, 11) is 0. The Kier molecular flexibility index (Phi) is 8.31. The zero-order valence-electron chi connectivity index (χ0n) is 20.5. The molecule has 182 valence electrons. The zero-order chi connectivity index (χ0) is 24.7. The number of rotatable bonds is 8. The van der Waals surface area contributed by atoms with E-state index in [1.54, 1.807) is 24.3 Å². The van der Waals surface area contributed by atoms with Crippen LogP contribution in [0.15, 0.2) is 48.5 Å². The van der Waals surface area contributed by atoms with Crippen molar-refractivity contribution >= 4 is 23.4 Å². The van der Waals surface area contributed by atoms with E-state index in [1.165, 1.54) is 0 Å². The van der Waals surface area contributed by atoms with E-state index in [9.17, 15) is 14.4 Å². The first-order valence-corrected chi connectivity index (χ1v) is 11.9. The Labute approximate surface area is 201 Å². The third-order valence-corrected chi connectivity index (χ3v) is 5.88. The van der Waals surface area contributed by atoms with Crippen molar-refractivity contribution in [2.45, 2.75) is 53.0 Å². The van der Waals surface area contributed by atoms with Gasteiger partial charge in [-0.1, -0.05) is 52.0 Å². The monoisotopic (exact) mass is 465 g/mol. The SMILES string of the molecule is CCC(NC(=O)c1cccc(NC(=O)C(C)(C)C)c1)c1ccccc1OCC(=O)N1CCCC1. The Morgan fingerprint density at radius 3 is 2.41 bits per heavy atom. The number of likely N-dealkylation sites (tertiary alicyclic amines) is 1. The maximum absolute atomic E-state index is 13.0. The van der Waals surface area contributed by atoms with Crippen LogP contribution in [0, 0.1) is 5.41 Å². The van der Waals surface area contributed by atoms with Gasteiger partial charge < -0.3 is 20.3 Å². The largest absolute Gasteiger partial charge is 0.483 e. The standard InChI is InChI=1S/C27H35N3O4/c1-5-22(21-13-6-7-14-23(21)34-18-24(31)30-15-8-9-16-30)29-25(32)19-11-10-12-20(17-19)28-26(33)27(2,3)4/h6-7,10-14,17,22H,5,8-9,15-16,18H2,1-4H3,(H,28,33)(H,29,32). The van der Waals surface area contributed by atoms with Crippen molar-refractivity contribution in [1.82, 2.24) is 10.2 Å². The molecule has 7 nitrogen and oxygen atoms in total. The summed E-state index contributed by atoms with van der Waals surface area (Å²) < 4.78 is 5.89. The van der Waals surface area contributed by atoms with Crippen molar-refractivity contribution in [2.24, 2.45) is 5.41 Å². The molecule has 0 saturated carbocycles. The first-order valence-electron chi connectivity index (χ1n) is 11.9. The highest BCUT2D eigenvalue weighted by Crippen LogP contribution is 2.28. The van der Waals surface area contributed by atoms with Crippen LogP contribution >= 0.6 is 0 Å². The highest BCUT2D eigenvalue weighted by atomic mass is 16.5. The maximum atomic E-state index is 13.0. The molecule has 1 heterocycles. The van der Waals surface area contributed by atoms with Gasteiger partial charge in [-0.05, 0) is 43.5 Å². The van der Waals surface area contributed by atoms with E-state index in [4.69, 9.17) is 4.74 Å². The Hall–Kier alpha value is -3.35. The van der Waals surface area contributed by atoms with Crippen molar-refractivity contribution in [3.63, 3.8) is 0 Å². The molecule has 0 aliphatic carbocycles. The number of nitrogens with zero attached hydrogens (tertiary/aromatic N) is 1. The summed E-state index contributed by atoms with van der Waals surface area (Å²) in [4.78, 5) is 39.6. The van der Waals surface area contributed by atoms with Gasteiger partial charge in [0.25, 0.3) is 11.8 Å². The van der Waals surface area contributed by atoms with Crippen LogP contribution < -0.4 is 15.4 Å². The normalized spacial score (nSPS) is 14.4. The molecule has 0 bridgehead atoms. The van der Waals surface area contributed by atoms with Crippen molar-refractivity contribution in [3.8, 4) is 5.75 Å². The summed E-state index contributed by atoms with van der Waals surface area (Å²) in [6.45, 7) is 9.04. The molecule has 0 spiro atoms. The molecule has 2 aromatic rings. The molecule has 0 aromatic heterocycles. The van der Waals surface area contributed by atoms with E-state index in [1.807, 2.05) is 56.9 Å². The lowest BCUT2D eigenvalue weighted by Crippen LogP contribution is -2.33. The number of amides is 3. The Balaban J connectivity index is 1.69. The summed E-state index contributed by atoms with van der Waals surface area (Å²) in [5.41, 5.74) is 1.31. The molecule has 34 heavy (non-hydrogen) atoms. The predicted octanol–water partition coefficient (Wildman–Crippen LogP) is 4.55. The average molecular weight is 466 g/mol. The predicted molar refractivity (Wildman–Crippen MR) is 133 cm³/mol. The molecule has 2 aromatic carbocycles. The fourth-order valence-corrected chi connectivity index (χ4v) is 3.80. The van der Waals surface area contributed by atoms with Crippen LogP contribution in [0.3, 0.4) is 0 Å². The topological polar surface area (TPSA) is 87.7 Å². The van der Waals surface area contributed by atoms with Gasteiger partial charge in [-0.15, -0.1) is 0 Å². The minimum atomic E-state index is -0.536. The van der Waals surface area contributed by atoms with Crippen molar-refractivity contribution in [3.05, 3.63) is 59.7 Å². The lowest BCUT2D eigenvalue weighted by atomic mass is 9.95. The third kappa shape index (κ3) is 6.59. The first kappa shape index (κ1) is 25.3. The van der Waals surface area contributed by atoms with Crippen LogP contribution in [0.4, 0.5) is 5.69 Å². The lowest BCUT2D eigenvalue weighted by molar-refractivity contribution is -0.132. The number of hydrogen-bond donors (Lipinski definition) is 2. The molecule has 0 radical (unpaired) electrons. The second kappa shape index (κ2) is 11.2. The van der Waals surface area contributed by atoms with Gasteiger partial charge in [0.1, 0.15) is 5.75 Å². The number of hydrogen-bond acceptors (Lipinski definition) is 4. The molecular weight excluding hydrogens is 430 g/mol. The zero-order valence-corrected chi connectivity index (χ0v) is 20.5. The number of ether oxygens (including phenoxy) is 1. The fourth-order valence-electron chi connectivity index (χ4n) is 3.80. The van der Waals surface area contributed by atoms with E-state index < -0.39 is 5.41 Å². The summed E-state index contributed by atoms with van der Waals surface area (Å²) in [5.74, 6) is 0.208. The van der Waals surface area contributed by atoms with Gasteiger partial charge >= 0.3 is 0 Å². The Morgan fingerprint density at radius 1 is 1.03 bits per heavy atom. The Bertz CT molecular complexity index is 1020. The number of carbonyl (C=O) groups excluding carboxylic acids is 3. The van der Waals surface area contributed by atoms with Crippen LogP contribution in [-0.4, -0.2) is 42.3 Å². The van der Waals surface area contributed by atoms with E-state index >= 15 is 0 Å². The van der Waals surface area contributed by atoms with Gasteiger partial charge in [0, 0.05) is 35.3 Å². The highest BCUT2D eigenvalue weighted by molar-refractivity contribution is 5.98. The van der Waals surface area contributed by atoms with Gasteiger partial charge in [-0.3, -0.25) is 14.4 Å². The molecule has 1 saturated heterocycles. The van der Waals surface area contributed by atoms with Crippen molar-refractivity contribution in [2.75, 3.05) is 25.0 Å². The van der Waals surface area contributed by atoms with Crippen molar-refractivity contribution in [1.29, 1.82) is 0 Å².